The summed E-state index contributed by atoms with van der Waals surface area (Å²) in [4.78, 5) is 9.65. The number of hydrogen-bond donors (Lipinski definition) is 1. The molecule has 78 valence electrons. The van der Waals surface area contributed by atoms with Crippen molar-refractivity contribution in [2.45, 2.75) is 13.5 Å². The number of rotatable bonds is 3. The van der Waals surface area contributed by atoms with E-state index in [4.69, 9.17) is 0 Å². The zero-order chi connectivity index (χ0) is 10.7. The molecule has 2 aromatic heterocycles. The molecule has 15 heavy (non-hydrogen) atoms. The molecule has 0 atom stereocenters. The van der Waals surface area contributed by atoms with Crippen molar-refractivity contribution in [1.29, 1.82) is 0 Å². The lowest BCUT2D eigenvalue weighted by molar-refractivity contribution is 1.04. The average Bonchev–Trinajstić information content (AvgIpc) is 2.62. The van der Waals surface area contributed by atoms with E-state index >= 15 is 0 Å². The van der Waals surface area contributed by atoms with Gasteiger partial charge in [0.05, 0.1) is 10.3 Å². The molecule has 0 aliphatic rings. The number of anilines is 1. The average molecular weight is 284 g/mol. The predicted molar refractivity (Wildman–Crippen MR) is 66.1 cm³/mol. The van der Waals surface area contributed by atoms with Crippen molar-refractivity contribution in [3.63, 3.8) is 0 Å². The van der Waals surface area contributed by atoms with Gasteiger partial charge in [0, 0.05) is 16.8 Å². The summed E-state index contributed by atoms with van der Waals surface area (Å²) < 4.78 is 1.14. The second-order valence-corrected chi connectivity index (χ2v) is 5.63. The van der Waals surface area contributed by atoms with Gasteiger partial charge in [-0.1, -0.05) is 0 Å². The standard InChI is InChI=1S/C10H10BrN3S/c1-7-4-5-12-10(14-7)13-6-8-2-3-9(11)15-8/h2-5H,6H2,1H3,(H,12,13,14). The Bertz CT molecular complexity index is 455. The lowest BCUT2D eigenvalue weighted by Gasteiger charge is -2.02. The van der Waals surface area contributed by atoms with Gasteiger partial charge < -0.3 is 5.32 Å². The van der Waals surface area contributed by atoms with Crippen LogP contribution in [0.1, 0.15) is 10.6 Å². The Balaban J connectivity index is 1.99. The number of aromatic nitrogens is 2. The molecule has 2 rings (SSSR count). The van der Waals surface area contributed by atoms with Crippen molar-refractivity contribution < 1.29 is 0 Å². The highest BCUT2D eigenvalue weighted by Gasteiger charge is 1.99. The van der Waals surface area contributed by atoms with Gasteiger partial charge in [-0.3, -0.25) is 0 Å². The molecule has 0 aliphatic carbocycles. The third-order valence-corrected chi connectivity index (χ3v) is 3.47. The Morgan fingerprint density at radius 3 is 2.93 bits per heavy atom. The van der Waals surface area contributed by atoms with E-state index in [0.717, 1.165) is 16.0 Å². The Kier molecular flexibility index (Phi) is 3.33. The zero-order valence-corrected chi connectivity index (χ0v) is 10.6. The van der Waals surface area contributed by atoms with Crippen molar-refractivity contribution in [2.24, 2.45) is 0 Å². The highest BCUT2D eigenvalue weighted by molar-refractivity contribution is 9.11. The first-order valence-corrected chi connectivity index (χ1v) is 6.13. The summed E-state index contributed by atoms with van der Waals surface area (Å²) in [6.45, 7) is 2.72. The molecule has 0 aromatic carbocycles. The van der Waals surface area contributed by atoms with E-state index in [2.05, 4.69) is 37.3 Å². The zero-order valence-electron chi connectivity index (χ0n) is 8.20. The third kappa shape index (κ3) is 3.00. The van der Waals surface area contributed by atoms with E-state index in [-0.39, 0.29) is 0 Å². The number of thiophene rings is 1. The maximum absolute atomic E-state index is 4.27. The van der Waals surface area contributed by atoms with Crippen LogP contribution in [0.3, 0.4) is 0 Å². The molecule has 0 saturated heterocycles. The number of nitrogens with one attached hydrogen (secondary N) is 1. The molecule has 2 aromatic rings. The predicted octanol–water partition coefficient (Wildman–Crippen LogP) is 3.22. The maximum Gasteiger partial charge on any atom is 0.223 e. The lowest BCUT2D eigenvalue weighted by atomic mass is 10.4. The minimum Gasteiger partial charge on any atom is -0.349 e. The molecule has 0 spiro atoms. The minimum absolute atomic E-state index is 0.680. The fourth-order valence-corrected chi connectivity index (χ4v) is 2.57. The van der Waals surface area contributed by atoms with E-state index in [1.807, 2.05) is 19.1 Å². The van der Waals surface area contributed by atoms with E-state index in [0.29, 0.717) is 5.95 Å². The summed E-state index contributed by atoms with van der Waals surface area (Å²) in [5.41, 5.74) is 0.972. The summed E-state index contributed by atoms with van der Waals surface area (Å²) in [6, 6.07) is 6.00. The van der Waals surface area contributed by atoms with Crippen LogP contribution in [-0.2, 0) is 6.54 Å². The lowest BCUT2D eigenvalue weighted by Crippen LogP contribution is -2.02. The van der Waals surface area contributed by atoms with Gasteiger partial charge in [-0.15, -0.1) is 11.3 Å². The van der Waals surface area contributed by atoms with Gasteiger partial charge in [-0.25, -0.2) is 9.97 Å². The Morgan fingerprint density at radius 1 is 1.40 bits per heavy atom. The van der Waals surface area contributed by atoms with Gasteiger partial charge in [0.25, 0.3) is 0 Å². The van der Waals surface area contributed by atoms with Crippen LogP contribution in [0.15, 0.2) is 28.2 Å². The SMILES string of the molecule is Cc1ccnc(NCc2ccc(Br)s2)n1. The second kappa shape index (κ2) is 4.72. The second-order valence-electron chi connectivity index (χ2n) is 3.08. The van der Waals surface area contributed by atoms with Crippen molar-refractivity contribution in [3.8, 4) is 0 Å². The monoisotopic (exact) mass is 283 g/mol. The van der Waals surface area contributed by atoms with Crippen molar-refractivity contribution in [2.75, 3.05) is 5.32 Å². The maximum atomic E-state index is 4.27. The Morgan fingerprint density at radius 2 is 2.27 bits per heavy atom. The van der Waals surface area contributed by atoms with Crippen molar-refractivity contribution in [1.82, 2.24) is 9.97 Å². The Labute approximate surface area is 101 Å². The van der Waals surface area contributed by atoms with Crippen molar-refractivity contribution >= 4 is 33.2 Å². The summed E-state index contributed by atoms with van der Waals surface area (Å²) >= 11 is 5.14. The van der Waals surface area contributed by atoms with Gasteiger partial charge in [0.15, 0.2) is 0 Å². The first kappa shape index (κ1) is 10.6. The smallest absolute Gasteiger partial charge is 0.223 e. The first-order valence-electron chi connectivity index (χ1n) is 4.52. The summed E-state index contributed by atoms with van der Waals surface area (Å²) in [7, 11) is 0. The van der Waals surface area contributed by atoms with Gasteiger partial charge in [0.2, 0.25) is 5.95 Å². The van der Waals surface area contributed by atoms with E-state index in [1.165, 1.54) is 4.88 Å². The van der Waals surface area contributed by atoms with Crippen LogP contribution in [0.5, 0.6) is 0 Å². The molecule has 1 N–H and O–H groups in total. The van der Waals surface area contributed by atoms with Crippen LogP contribution in [-0.4, -0.2) is 9.97 Å². The number of nitrogens with zero attached hydrogens (tertiary/aromatic N) is 2. The molecule has 0 fully saturated rings. The van der Waals surface area contributed by atoms with Crippen LogP contribution < -0.4 is 5.32 Å². The highest BCUT2D eigenvalue weighted by Crippen LogP contribution is 2.22. The molecule has 0 amide bonds. The topological polar surface area (TPSA) is 37.8 Å². The summed E-state index contributed by atoms with van der Waals surface area (Å²) in [5.74, 6) is 0.680. The molecule has 2 heterocycles. The van der Waals surface area contributed by atoms with Crippen LogP contribution in [0.2, 0.25) is 0 Å². The first-order chi connectivity index (χ1) is 7.24. The van der Waals surface area contributed by atoms with Gasteiger partial charge in [-0.2, -0.15) is 0 Å². The molecule has 0 radical (unpaired) electrons. The molecule has 0 aliphatic heterocycles. The molecule has 0 saturated carbocycles. The van der Waals surface area contributed by atoms with Gasteiger partial charge >= 0.3 is 0 Å². The van der Waals surface area contributed by atoms with Crippen LogP contribution in [0.4, 0.5) is 5.95 Å². The normalized spacial score (nSPS) is 10.3. The quantitative estimate of drug-likeness (QED) is 0.940. The Hall–Kier alpha value is -0.940. The molecular weight excluding hydrogens is 274 g/mol. The highest BCUT2D eigenvalue weighted by atomic mass is 79.9. The van der Waals surface area contributed by atoms with Crippen molar-refractivity contribution in [3.05, 3.63) is 38.8 Å². The molecule has 3 nitrogen and oxygen atoms in total. The number of hydrogen-bond acceptors (Lipinski definition) is 4. The number of aryl methyl sites for hydroxylation is 1. The molecule has 5 heteroatoms. The third-order valence-electron chi connectivity index (χ3n) is 1.84. The fraction of sp³-hybridized carbons (Fsp3) is 0.200. The van der Waals surface area contributed by atoms with E-state index < -0.39 is 0 Å². The van der Waals surface area contributed by atoms with Crippen LogP contribution >= 0.6 is 27.3 Å². The molecule has 0 bridgehead atoms. The largest absolute Gasteiger partial charge is 0.349 e. The summed E-state index contributed by atoms with van der Waals surface area (Å²) in [6.07, 6.45) is 1.76. The van der Waals surface area contributed by atoms with Crippen LogP contribution in [0, 0.1) is 6.92 Å². The fourth-order valence-electron chi connectivity index (χ4n) is 1.15. The minimum atomic E-state index is 0.680. The van der Waals surface area contributed by atoms with E-state index in [1.54, 1.807) is 17.5 Å². The molecule has 0 unspecified atom stereocenters. The van der Waals surface area contributed by atoms with E-state index in [9.17, 15) is 0 Å². The number of halogens is 1. The molecular formula is C10H10BrN3S. The van der Waals surface area contributed by atoms with Gasteiger partial charge in [0.1, 0.15) is 0 Å². The van der Waals surface area contributed by atoms with Crippen LogP contribution in [0.25, 0.3) is 0 Å². The van der Waals surface area contributed by atoms with Gasteiger partial charge in [-0.05, 0) is 41.1 Å². The summed E-state index contributed by atoms with van der Waals surface area (Å²) in [5, 5.41) is 3.18.